The number of aromatic amines is 1. The van der Waals surface area contributed by atoms with Crippen molar-refractivity contribution in [2.24, 2.45) is 5.41 Å². The number of aromatic nitrogens is 4. The highest BCUT2D eigenvalue weighted by Crippen LogP contribution is 2.31. The minimum Gasteiger partial charge on any atom is -0.468 e. The van der Waals surface area contributed by atoms with Crippen molar-refractivity contribution < 1.29 is 23.8 Å². The Hall–Kier alpha value is -3.73. The maximum Gasteiger partial charge on any atom is 0.325 e. The van der Waals surface area contributed by atoms with Crippen molar-refractivity contribution in [2.75, 3.05) is 21.0 Å². The predicted molar refractivity (Wildman–Crippen MR) is 134 cm³/mol. The van der Waals surface area contributed by atoms with Crippen LogP contribution in [0.1, 0.15) is 51.4 Å². The van der Waals surface area contributed by atoms with Crippen molar-refractivity contribution in [1.82, 2.24) is 24.8 Å². The average Bonchev–Trinajstić information content (AvgIpc) is 3.15. The van der Waals surface area contributed by atoms with Crippen LogP contribution < -0.4 is 15.6 Å². The van der Waals surface area contributed by atoms with E-state index in [9.17, 15) is 14.4 Å². The molecule has 3 heterocycles. The van der Waals surface area contributed by atoms with Crippen LogP contribution >= 0.6 is 0 Å². The normalized spacial score (nSPS) is 12.0. The van der Waals surface area contributed by atoms with Gasteiger partial charge in [0, 0.05) is 24.4 Å². The second-order valence-electron chi connectivity index (χ2n) is 10.4. The third kappa shape index (κ3) is 6.28. The van der Waals surface area contributed by atoms with Crippen LogP contribution in [-0.4, -0.2) is 57.9 Å². The molecule has 0 aliphatic heterocycles. The molecule has 0 saturated carbocycles. The zero-order valence-corrected chi connectivity index (χ0v) is 21.7. The highest BCUT2D eigenvalue weighted by Gasteiger charge is 2.29. The fraction of sp³-hybridized carbons (Fsp3) is 0.480. The molecule has 11 heteroatoms. The number of pyridine rings is 1. The second kappa shape index (κ2) is 10.5. The third-order valence-corrected chi connectivity index (χ3v) is 5.33. The number of esters is 1. The van der Waals surface area contributed by atoms with E-state index < -0.39 is 17.1 Å². The number of amides is 1. The van der Waals surface area contributed by atoms with Crippen LogP contribution in [-0.2, 0) is 20.8 Å². The Bertz CT molecular complexity index is 1320. The van der Waals surface area contributed by atoms with E-state index >= 15 is 0 Å². The van der Waals surface area contributed by atoms with Crippen LogP contribution in [0.4, 0.5) is 0 Å². The van der Waals surface area contributed by atoms with Gasteiger partial charge in [-0.2, -0.15) is 0 Å². The van der Waals surface area contributed by atoms with Crippen LogP contribution in [0, 0.1) is 5.41 Å². The SMILES string of the molecule is COCOc1cnc(-c2cn(CC(=O)OC)c3nc[nH]c(=O)c23)cc1C(=O)NC(C)(C)CC(C)(C)C. The summed E-state index contributed by atoms with van der Waals surface area (Å²) >= 11 is 0. The Morgan fingerprint density at radius 2 is 1.86 bits per heavy atom. The molecule has 1 amide bonds. The van der Waals surface area contributed by atoms with Gasteiger partial charge < -0.3 is 29.1 Å². The topological polar surface area (TPSA) is 137 Å². The lowest BCUT2D eigenvalue weighted by Gasteiger charge is -2.33. The molecule has 2 N–H and O–H groups in total. The number of nitrogens with one attached hydrogen (secondary N) is 2. The van der Waals surface area contributed by atoms with E-state index in [-0.39, 0.29) is 47.0 Å². The summed E-state index contributed by atoms with van der Waals surface area (Å²) in [7, 11) is 2.75. The molecule has 0 unspecified atom stereocenters. The van der Waals surface area contributed by atoms with E-state index in [0.717, 1.165) is 6.42 Å². The Labute approximate surface area is 209 Å². The average molecular weight is 500 g/mol. The van der Waals surface area contributed by atoms with Crippen LogP contribution in [0.2, 0.25) is 0 Å². The Balaban J connectivity index is 2.11. The van der Waals surface area contributed by atoms with Gasteiger partial charge in [-0.1, -0.05) is 20.8 Å². The van der Waals surface area contributed by atoms with Crippen molar-refractivity contribution in [3.63, 3.8) is 0 Å². The number of hydrogen-bond donors (Lipinski definition) is 2. The molecule has 11 nitrogen and oxygen atoms in total. The predicted octanol–water partition coefficient (Wildman–Crippen LogP) is 2.89. The molecule has 3 rings (SSSR count). The summed E-state index contributed by atoms with van der Waals surface area (Å²) in [5, 5.41) is 3.31. The quantitative estimate of drug-likeness (QED) is 0.339. The molecule has 0 aliphatic rings. The molecule has 0 saturated heterocycles. The molecule has 194 valence electrons. The smallest absolute Gasteiger partial charge is 0.325 e. The molecule has 36 heavy (non-hydrogen) atoms. The van der Waals surface area contributed by atoms with Gasteiger partial charge in [0.1, 0.15) is 12.2 Å². The summed E-state index contributed by atoms with van der Waals surface area (Å²) < 4.78 is 16.9. The van der Waals surface area contributed by atoms with E-state index in [1.165, 1.54) is 31.3 Å². The van der Waals surface area contributed by atoms with Gasteiger partial charge in [0.25, 0.3) is 11.5 Å². The number of carbonyl (C=O) groups excluding carboxylic acids is 2. The number of hydrogen-bond acceptors (Lipinski definition) is 8. The zero-order valence-electron chi connectivity index (χ0n) is 21.7. The van der Waals surface area contributed by atoms with Crippen molar-refractivity contribution in [2.45, 2.75) is 53.1 Å². The van der Waals surface area contributed by atoms with Gasteiger partial charge in [0.05, 0.1) is 36.3 Å². The van der Waals surface area contributed by atoms with Crippen molar-refractivity contribution in [3.8, 4) is 17.0 Å². The Kier molecular flexibility index (Phi) is 7.83. The van der Waals surface area contributed by atoms with Gasteiger partial charge in [-0.15, -0.1) is 0 Å². The summed E-state index contributed by atoms with van der Waals surface area (Å²) in [5.74, 6) is -0.628. The van der Waals surface area contributed by atoms with Gasteiger partial charge in [0.15, 0.2) is 12.5 Å². The first-order valence-electron chi connectivity index (χ1n) is 11.4. The minimum atomic E-state index is -0.505. The van der Waals surface area contributed by atoms with Gasteiger partial charge >= 0.3 is 5.97 Å². The van der Waals surface area contributed by atoms with E-state index in [4.69, 9.17) is 14.2 Å². The maximum absolute atomic E-state index is 13.4. The van der Waals surface area contributed by atoms with Crippen molar-refractivity contribution >= 4 is 22.9 Å². The van der Waals surface area contributed by atoms with E-state index in [2.05, 4.69) is 41.0 Å². The van der Waals surface area contributed by atoms with Crippen LogP contribution in [0.5, 0.6) is 5.75 Å². The summed E-state index contributed by atoms with van der Waals surface area (Å²) in [6.45, 7) is 10.0. The van der Waals surface area contributed by atoms with Gasteiger partial charge in [-0.3, -0.25) is 19.4 Å². The maximum atomic E-state index is 13.4. The number of rotatable bonds is 9. The number of ether oxygens (including phenoxy) is 3. The molecular formula is C25H33N5O6. The number of carbonyl (C=O) groups is 2. The first-order valence-corrected chi connectivity index (χ1v) is 11.4. The summed E-state index contributed by atoms with van der Waals surface area (Å²) in [5.41, 5.74) is 0.346. The molecular weight excluding hydrogens is 466 g/mol. The molecule has 0 fully saturated rings. The number of nitrogens with zero attached hydrogens (tertiary/aromatic N) is 3. The number of fused-ring (bicyclic) bond motifs is 1. The van der Waals surface area contributed by atoms with Crippen LogP contribution in [0.15, 0.2) is 29.6 Å². The van der Waals surface area contributed by atoms with Gasteiger partial charge in [0.2, 0.25) is 0 Å². The highest BCUT2D eigenvalue weighted by molar-refractivity contribution is 6.00. The first kappa shape index (κ1) is 26.9. The fourth-order valence-corrected chi connectivity index (χ4v) is 4.40. The lowest BCUT2D eigenvalue weighted by atomic mass is 9.81. The monoisotopic (exact) mass is 499 g/mol. The first-order chi connectivity index (χ1) is 16.8. The number of H-pyrrole nitrogens is 1. The lowest BCUT2D eigenvalue weighted by molar-refractivity contribution is -0.141. The van der Waals surface area contributed by atoms with E-state index in [1.54, 1.807) is 12.3 Å². The van der Waals surface area contributed by atoms with Crippen LogP contribution in [0.3, 0.4) is 0 Å². The van der Waals surface area contributed by atoms with Gasteiger partial charge in [-0.05, 0) is 31.7 Å². The molecule has 0 aromatic carbocycles. The van der Waals surface area contributed by atoms with Crippen LogP contribution in [0.25, 0.3) is 22.3 Å². The summed E-state index contributed by atoms with van der Waals surface area (Å²) in [6, 6.07) is 1.55. The van der Waals surface area contributed by atoms with Crippen molar-refractivity contribution in [1.29, 1.82) is 0 Å². The van der Waals surface area contributed by atoms with E-state index in [1.807, 2.05) is 13.8 Å². The molecule has 0 bridgehead atoms. The Morgan fingerprint density at radius 1 is 1.14 bits per heavy atom. The second-order valence-corrected chi connectivity index (χ2v) is 10.4. The van der Waals surface area contributed by atoms with Gasteiger partial charge in [-0.25, -0.2) is 4.98 Å². The highest BCUT2D eigenvalue weighted by atomic mass is 16.7. The van der Waals surface area contributed by atoms with E-state index in [0.29, 0.717) is 11.3 Å². The standard InChI is InChI=1S/C25H33N5O6/c1-24(2,3)12-25(4,5)29-22(32)15-8-17(26-9-18(15)36-14-34-6)16-10-30(11-19(31)35-7)21-20(16)23(33)28-13-27-21/h8-10,13H,11-12,14H2,1-7H3,(H,29,32)(H,27,28,33). The molecule has 0 atom stereocenters. The lowest BCUT2D eigenvalue weighted by Crippen LogP contribution is -2.45. The molecule has 0 aliphatic carbocycles. The zero-order chi connectivity index (χ0) is 26.7. The third-order valence-electron chi connectivity index (χ3n) is 5.33. The molecule has 0 spiro atoms. The van der Waals surface area contributed by atoms with Crippen molar-refractivity contribution in [3.05, 3.63) is 40.7 Å². The minimum absolute atomic E-state index is 0.00887. The molecule has 3 aromatic rings. The fourth-order valence-electron chi connectivity index (χ4n) is 4.40. The molecule has 0 radical (unpaired) electrons. The molecule has 3 aromatic heterocycles. The largest absolute Gasteiger partial charge is 0.468 e. The summed E-state index contributed by atoms with van der Waals surface area (Å²) in [6.07, 6.45) is 4.99. The Morgan fingerprint density at radius 3 is 2.50 bits per heavy atom. The number of methoxy groups -OCH3 is 2. The summed E-state index contributed by atoms with van der Waals surface area (Å²) in [4.78, 5) is 49.3.